The van der Waals surface area contributed by atoms with Gasteiger partial charge in [0, 0.05) is 16.8 Å². The van der Waals surface area contributed by atoms with Crippen molar-refractivity contribution in [1.82, 2.24) is 9.97 Å². The molecule has 1 heterocycles. The molecule has 1 aromatic heterocycles. The number of nitrogens with one attached hydrogen (secondary N) is 2. The molecule has 27 heavy (non-hydrogen) atoms. The van der Waals surface area contributed by atoms with Gasteiger partial charge in [0.05, 0.1) is 0 Å². The van der Waals surface area contributed by atoms with Crippen molar-refractivity contribution in [1.29, 1.82) is 0 Å². The van der Waals surface area contributed by atoms with Gasteiger partial charge in [0.15, 0.2) is 11.6 Å². The summed E-state index contributed by atoms with van der Waals surface area (Å²) in [6.45, 7) is 4.17. The number of hydrogen-bond donors (Lipinski definition) is 3. The van der Waals surface area contributed by atoms with Gasteiger partial charge in [-0.1, -0.05) is 42.5 Å². The highest BCUT2D eigenvalue weighted by Crippen LogP contribution is 2.31. The molecule has 0 saturated carbocycles. The Bertz CT molecular complexity index is 1120. The Morgan fingerprint density at radius 3 is 2.33 bits per heavy atom. The quantitative estimate of drug-likeness (QED) is 0.462. The van der Waals surface area contributed by atoms with E-state index in [1.165, 1.54) is 17.5 Å². The fourth-order valence-electron chi connectivity index (χ4n) is 3.01. The number of anilines is 5. The van der Waals surface area contributed by atoms with Gasteiger partial charge in [-0.25, -0.2) is 9.97 Å². The van der Waals surface area contributed by atoms with Gasteiger partial charge in [-0.05, 0) is 48.6 Å². The van der Waals surface area contributed by atoms with Crippen molar-refractivity contribution in [2.75, 3.05) is 16.4 Å². The van der Waals surface area contributed by atoms with E-state index in [0.717, 1.165) is 22.1 Å². The maximum absolute atomic E-state index is 6.34. The average molecular weight is 355 g/mol. The van der Waals surface area contributed by atoms with Crippen LogP contribution in [0.5, 0.6) is 0 Å². The van der Waals surface area contributed by atoms with E-state index in [0.29, 0.717) is 17.3 Å². The van der Waals surface area contributed by atoms with Gasteiger partial charge in [0.1, 0.15) is 12.0 Å². The van der Waals surface area contributed by atoms with Gasteiger partial charge in [0.2, 0.25) is 0 Å². The molecule has 0 bridgehead atoms. The molecule has 3 aromatic carbocycles. The Morgan fingerprint density at radius 1 is 0.778 bits per heavy atom. The second kappa shape index (κ2) is 6.96. The molecule has 4 rings (SSSR count). The first-order chi connectivity index (χ1) is 13.1. The van der Waals surface area contributed by atoms with Crippen LogP contribution in [0.2, 0.25) is 0 Å². The molecule has 4 aromatic rings. The van der Waals surface area contributed by atoms with Crippen molar-refractivity contribution < 1.29 is 0 Å². The maximum atomic E-state index is 6.34. The molecule has 0 spiro atoms. The molecule has 0 fully saturated rings. The molecule has 0 aliphatic carbocycles. The van der Waals surface area contributed by atoms with Crippen LogP contribution >= 0.6 is 0 Å². The smallest absolute Gasteiger partial charge is 0.159 e. The number of rotatable bonds is 4. The van der Waals surface area contributed by atoms with E-state index < -0.39 is 0 Å². The van der Waals surface area contributed by atoms with E-state index in [9.17, 15) is 0 Å². The molecule has 4 N–H and O–H groups in total. The summed E-state index contributed by atoms with van der Waals surface area (Å²) in [6.07, 6.45) is 1.51. The third kappa shape index (κ3) is 3.40. The van der Waals surface area contributed by atoms with Crippen LogP contribution in [0.3, 0.4) is 0 Å². The largest absolute Gasteiger partial charge is 0.393 e. The summed E-state index contributed by atoms with van der Waals surface area (Å²) in [5.41, 5.74) is 11.2. The lowest BCUT2D eigenvalue weighted by atomic mass is 10.1. The maximum Gasteiger partial charge on any atom is 0.159 e. The third-order valence-corrected chi connectivity index (χ3v) is 4.70. The summed E-state index contributed by atoms with van der Waals surface area (Å²) in [5.74, 6) is 1.16. The van der Waals surface area contributed by atoms with Gasteiger partial charge in [-0.15, -0.1) is 0 Å². The zero-order valence-electron chi connectivity index (χ0n) is 15.3. The lowest BCUT2D eigenvalue weighted by molar-refractivity contribution is 1.17. The minimum absolute atomic E-state index is 0.476. The summed E-state index contributed by atoms with van der Waals surface area (Å²) in [6, 6.07) is 20.5. The molecule has 5 heteroatoms. The van der Waals surface area contributed by atoms with Crippen LogP contribution < -0.4 is 16.4 Å². The second-order valence-electron chi connectivity index (χ2n) is 6.56. The number of nitrogens with zero attached hydrogens (tertiary/aromatic N) is 2. The van der Waals surface area contributed by atoms with E-state index in [1.54, 1.807) is 0 Å². The molecule has 134 valence electrons. The summed E-state index contributed by atoms with van der Waals surface area (Å²) < 4.78 is 0. The number of benzene rings is 3. The van der Waals surface area contributed by atoms with E-state index in [4.69, 9.17) is 5.73 Å². The molecular weight excluding hydrogens is 334 g/mol. The number of nitrogen functional groups attached to an aromatic ring is 1. The van der Waals surface area contributed by atoms with Crippen LogP contribution in [0, 0.1) is 13.8 Å². The molecule has 0 amide bonds. The molecular formula is C22H21N5. The number of aromatic nitrogens is 2. The second-order valence-corrected chi connectivity index (χ2v) is 6.56. The van der Waals surface area contributed by atoms with Crippen molar-refractivity contribution in [2.45, 2.75) is 13.8 Å². The molecule has 0 aliphatic heterocycles. The molecule has 0 saturated heterocycles. The predicted octanol–water partition coefficient (Wildman–Crippen LogP) is 5.32. The van der Waals surface area contributed by atoms with Gasteiger partial charge < -0.3 is 16.4 Å². The highest BCUT2D eigenvalue weighted by Gasteiger charge is 2.10. The summed E-state index contributed by atoms with van der Waals surface area (Å²) in [4.78, 5) is 8.63. The highest BCUT2D eigenvalue weighted by atomic mass is 15.1. The Balaban J connectivity index is 1.66. The number of fused-ring (bicyclic) bond motifs is 1. The van der Waals surface area contributed by atoms with Crippen molar-refractivity contribution in [2.24, 2.45) is 0 Å². The Morgan fingerprint density at radius 2 is 1.52 bits per heavy atom. The first kappa shape index (κ1) is 16.8. The van der Waals surface area contributed by atoms with Crippen LogP contribution in [0.25, 0.3) is 10.8 Å². The van der Waals surface area contributed by atoms with E-state index >= 15 is 0 Å². The fraction of sp³-hybridized carbons (Fsp3) is 0.0909. The van der Waals surface area contributed by atoms with Crippen LogP contribution in [0.4, 0.5) is 28.7 Å². The van der Waals surface area contributed by atoms with Crippen molar-refractivity contribution in [3.63, 3.8) is 0 Å². The lowest BCUT2D eigenvalue weighted by Crippen LogP contribution is -2.05. The summed E-state index contributed by atoms with van der Waals surface area (Å²) in [5, 5.41) is 8.90. The first-order valence-corrected chi connectivity index (χ1v) is 8.81. The topological polar surface area (TPSA) is 75.9 Å². The SMILES string of the molecule is Cc1ccc(Nc2ncnc(Nc3cccc4ccccc34)c2N)cc1C. The molecule has 0 unspecified atom stereocenters. The van der Waals surface area contributed by atoms with E-state index in [-0.39, 0.29) is 0 Å². The normalized spacial score (nSPS) is 10.7. The van der Waals surface area contributed by atoms with Crippen molar-refractivity contribution >= 4 is 39.5 Å². The Hall–Kier alpha value is -3.60. The fourth-order valence-corrected chi connectivity index (χ4v) is 3.01. The first-order valence-electron chi connectivity index (χ1n) is 8.81. The van der Waals surface area contributed by atoms with Gasteiger partial charge >= 0.3 is 0 Å². The predicted molar refractivity (Wildman–Crippen MR) is 113 cm³/mol. The number of nitrogens with two attached hydrogens (primary N) is 1. The molecule has 5 nitrogen and oxygen atoms in total. The minimum atomic E-state index is 0.476. The zero-order valence-corrected chi connectivity index (χ0v) is 15.3. The Kier molecular flexibility index (Phi) is 4.34. The zero-order chi connectivity index (χ0) is 18.8. The van der Waals surface area contributed by atoms with Crippen LogP contribution in [-0.4, -0.2) is 9.97 Å². The molecule has 0 atom stereocenters. The van der Waals surface area contributed by atoms with Crippen LogP contribution in [-0.2, 0) is 0 Å². The van der Waals surface area contributed by atoms with Crippen molar-refractivity contribution in [3.05, 3.63) is 78.1 Å². The van der Waals surface area contributed by atoms with Crippen molar-refractivity contribution in [3.8, 4) is 0 Å². The van der Waals surface area contributed by atoms with Crippen LogP contribution in [0.1, 0.15) is 11.1 Å². The van der Waals surface area contributed by atoms with Crippen LogP contribution in [0.15, 0.2) is 67.0 Å². The highest BCUT2D eigenvalue weighted by molar-refractivity contribution is 5.96. The minimum Gasteiger partial charge on any atom is -0.393 e. The number of hydrogen-bond acceptors (Lipinski definition) is 5. The third-order valence-electron chi connectivity index (χ3n) is 4.70. The lowest BCUT2D eigenvalue weighted by Gasteiger charge is -2.14. The summed E-state index contributed by atoms with van der Waals surface area (Å²) >= 11 is 0. The monoisotopic (exact) mass is 355 g/mol. The van der Waals surface area contributed by atoms with E-state index in [2.05, 4.69) is 64.8 Å². The van der Waals surface area contributed by atoms with E-state index in [1.807, 2.05) is 30.3 Å². The number of aryl methyl sites for hydroxylation is 2. The molecule has 0 aliphatic rings. The summed E-state index contributed by atoms with van der Waals surface area (Å²) in [7, 11) is 0. The average Bonchev–Trinajstić information content (AvgIpc) is 2.68. The Labute approximate surface area is 158 Å². The van der Waals surface area contributed by atoms with Gasteiger partial charge in [-0.3, -0.25) is 0 Å². The van der Waals surface area contributed by atoms with Gasteiger partial charge in [-0.2, -0.15) is 0 Å². The molecule has 0 radical (unpaired) electrons. The van der Waals surface area contributed by atoms with Gasteiger partial charge in [0.25, 0.3) is 0 Å². The standard InChI is InChI=1S/C22H21N5/c1-14-10-11-17(12-15(14)2)26-21-20(23)22(25-13-24-21)27-19-9-5-7-16-6-3-4-8-18(16)19/h3-13H,23H2,1-2H3,(H2,24,25,26,27).